The third-order valence-electron chi connectivity index (χ3n) is 4.56. The zero-order valence-corrected chi connectivity index (χ0v) is 15.0. The number of amides is 3. The van der Waals surface area contributed by atoms with Crippen LogP contribution in [0.1, 0.15) is 31.1 Å². The number of halogens is 1. The fraction of sp³-hybridized carbons (Fsp3) is 0.0952. The van der Waals surface area contributed by atoms with Crippen LogP contribution in [0.4, 0.5) is 0 Å². The molecule has 6 heteroatoms. The maximum Gasteiger partial charge on any atom is 0.261 e. The van der Waals surface area contributed by atoms with Crippen molar-refractivity contribution in [2.75, 3.05) is 13.1 Å². The Morgan fingerprint density at radius 1 is 0.926 bits per heavy atom. The summed E-state index contributed by atoms with van der Waals surface area (Å²) in [6.45, 7) is 0.246. The number of nitrogens with one attached hydrogen (secondary N) is 1. The van der Waals surface area contributed by atoms with Crippen LogP contribution in [0.3, 0.4) is 0 Å². The lowest BCUT2D eigenvalue weighted by Gasteiger charge is -2.27. The number of imide groups is 1. The highest BCUT2D eigenvalue weighted by Crippen LogP contribution is 2.29. The van der Waals surface area contributed by atoms with Crippen molar-refractivity contribution in [3.8, 4) is 0 Å². The Morgan fingerprint density at radius 3 is 2.19 bits per heavy atom. The second-order valence-corrected chi connectivity index (χ2v) is 6.67. The van der Waals surface area contributed by atoms with Gasteiger partial charge in [0.15, 0.2) is 0 Å². The van der Waals surface area contributed by atoms with Gasteiger partial charge in [-0.3, -0.25) is 19.3 Å². The van der Waals surface area contributed by atoms with Gasteiger partial charge < -0.3 is 5.32 Å². The molecule has 0 spiro atoms. The van der Waals surface area contributed by atoms with Gasteiger partial charge in [-0.1, -0.05) is 41.9 Å². The van der Waals surface area contributed by atoms with Crippen molar-refractivity contribution >= 4 is 40.1 Å². The van der Waals surface area contributed by atoms with Crippen molar-refractivity contribution in [2.24, 2.45) is 0 Å². The lowest BCUT2D eigenvalue weighted by Crippen LogP contribution is -2.44. The molecular formula is C21H15ClN2O3. The minimum absolute atomic E-state index is 0.0920. The first-order valence-corrected chi connectivity index (χ1v) is 8.86. The van der Waals surface area contributed by atoms with Gasteiger partial charge in [0.1, 0.15) is 0 Å². The van der Waals surface area contributed by atoms with E-state index in [9.17, 15) is 14.4 Å². The Kier molecular flexibility index (Phi) is 4.38. The number of hydrogen-bond donors (Lipinski definition) is 1. The van der Waals surface area contributed by atoms with Crippen molar-refractivity contribution < 1.29 is 14.4 Å². The van der Waals surface area contributed by atoms with Gasteiger partial charge in [0.25, 0.3) is 17.7 Å². The number of nitrogens with zero attached hydrogens (tertiary/aromatic N) is 1. The molecular weight excluding hydrogens is 364 g/mol. The van der Waals surface area contributed by atoms with E-state index in [0.717, 1.165) is 5.39 Å². The molecule has 3 amide bonds. The number of benzene rings is 3. The molecule has 0 fully saturated rings. The maximum absolute atomic E-state index is 12.8. The van der Waals surface area contributed by atoms with Crippen LogP contribution in [0.5, 0.6) is 0 Å². The van der Waals surface area contributed by atoms with Crippen LogP contribution in [0.15, 0.2) is 60.7 Å². The Morgan fingerprint density at radius 2 is 1.56 bits per heavy atom. The molecule has 5 nitrogen and oxygen atoms in total. The SMILES string of the molecule is O=C(NCCN1C(=O)c2cccc3cccc(c23)C1=O)c1cccc(Cl)c1. The molecule has 1 heterocycles. The van der Waals surface area contributed by atoms with E-state index in [1.165, 1.54) is 4.90 Å². The van der Waals surface area contributed by atoms with E-state index >= 15 is 0 Å². The van der Waals surface area contributed by atoms with Gasteiger partial charge in [0.2, 0.25) is 0 Å². The van der Waals surface area contributed by atoms with Gasteiger partial charge in [0, 0.05) is 40.2 Å². The molecule has 3 aromatic carbocycles. The number of carbonyl (C=O) groups excluding carboxylic acids is 3. The molecule has 0 saturated heterocycles. The molecule has 3 aromatic rings. The fourth-order valence-corrected chi connectivity index (χ4v) is 3.49. The average molecular weight is 379 g/mol. The predicted molar refractivity (Wildman–Crippen MR) is 103 cm³/mol. The van der Waals surface area contributed by atoms with Gasteiger partial charge in [-0.25, -0.2) is 0 Å². The van der Waals surface area contributed by atoms with Crippen LogP contribution >= 0.6 is 11.6 Å². The predicted octanol–water partition coefficient (Wildman–Crippen LogP) is 3.52. The van der Waals surface area contributed by atoms with Crippen LogP contribution in [-0.2, 0) is 0 Å². The third-order valence-corrected chi connectivity index (χ3v) is 4.80. The van der Waals surface area contributed by atoms with E-state index < -0.39 is 0 Å². The Hall–Kier alpha value is -3.18. The van der Waals surface area contributed by atoms with Crippen molar-refractivity contribution in [3.05, 3.63) is 82.4 Å². The number of carbonyl (C=O) groups is 3. The zero-order valence-electron chi connectivity index (χ0n) is 14.2. The van der Waals surface area contributed by atoms with Crippen molar-refractivity contribution in [3.63, 3.8) is 0 Å². The maximum atomic E-state index is 12.8. The summed E-state index contributed by atoms with van der Waals surface area (Å²) >= 11 is 5.89. The van der Waals surface area contributed by atoms with Crippen LogP contribution in [0.2, 0.25) is 5.02 Å². The third kappa shape index (κ3) is 3.06. The van der Waals surface area contributed by atoms with E-state index in [4.69, 9.17) is 11.6 Å². The van der Waals surface area contributed by atoms with Crippen molar-refractivity contribution in [2.45, 2.75) is 0 Å². The lowest BCUT2D eigenvalue weighted by atomic mass is 9.94. The molecule has 0 atom stereocenters. The van der Waals surface area contributed by atoms with Crippen molar-refractivity contribution in [1.82, 2.24) is 10.2 Å². The summed E-state index contributed by atoms with van der Waals surface area (Å²) in [5.74, 6) is -1.00. The molecule has 0 aliphatic carbocycles. The van der Waals surface area contributed by atoms with E-state index in [1.807, 2.05) is 12.1 Å². The number of rotatable bonds is 4. The first-order chi connectivity index (χ1) is 13.1. The van der Waals surface area contributed by atoms with Gasteiger partial charge in [-0.15, -0.1) is 0 Å². The highest BCUT2D eigenvalue weighted by atomic mass is 35.5. The summed E-state index contributed by atoms with van der Waals surface area (Å²) in [7, 11) is 0. The second-order valence-electron chi connectivity index (χ2n) is 6.24. The topological polar surface area (TPSA) is 66.5 Å². The highest BCUT2D eigenvalue weighted by Gasteiger charge is 2.32. The van der Waals surface area contributed by atoms with Crippen LogP contribution < -0.4 is 5.32 Å². The molecule has 0 aromatic heterocycles. The monoisotopic (exact) mass is 378 g/mol. The fourth-order valence-electron chi connectivity index (χ4n) is 3.30. The average Bonchev–Trinajstić information content (AvgIpc) is 2.68. The summed E-state index contributed by atoms with van der Waals surface area (Å²) in [6, 6.07) is 17.4. The molecule has 1 aliphatic rings. The minimum atomic E-state index is -0.346. The summed E-state index contributed by atoms with van der Waals surface area (Å²) < 4.78 is 0. The largest absolute Gasteiger partial charge is 0.350 e. The molecule has 0 saturated carbocycles. The molecule has 134 valence electrons. The van der Waals surface area contributed by atoms with E-state index in [2.05, 4.69) is 5.32 Å². The normalized spacial score (nSPS) is 13.1. The van der Waals surface area contributed by atoms with Gasteiger partial charge in [-0.05, 0) is 35.7 Å². The minimum Gasteiger partial charge on any atom is -0.350 e. The van der Waals surface area contributed by atoms with E-state index in [1.54, 1.807) is 48.5 Å². The summed E-state index contributed by atoms with van der Waals surface area (Å²) in [6.07, 6.45) is 0. The summed E-state index contributed by atoms with van der Waals surface area (Å²) in [4.78, 5) is 38.9. The Labute approximate surface area is 160 Å². The molecule has 0 radical (unpaired) electrons. The van der Waals surface area contributed by atoms with Crippen LogP contribution in [0, 0.1) is 0 Å². The van der Waals surface area contributed by atoms with Gasteiger partial charge >= 0.3 is 0 Å². The zero-order chi connectivity index (χ0) is 19.0. The van der Waals surface area contributed by atoms with E-state index in [-0.39, 0.29) is 30.8 Å². The van der Waals surface area contributed by atoms with Gasteiger partial charge in [-0.2, -0.15) is 0 Å². The molecule has 1 N–H and O–H groups in total. The van der Waals surface area contributed by atoms with E-state index in [0.29, 0.717) is 27.1 Å². The highest BCUT2D eigenvalue weighted by molar-refractivity contribution is 6.31. The number of hydrogen-bond acceptors (Lipinski definition) is 3. The lowest BCUT2D eigenvalue weighted by molar-refractivity contribution is 0.0607. The molecule has 27 heavy (non-hydrogen) atoms. The van der Waals surface area contributed by atoms with Crippen LogP contribution in [-0.4, -0.2) is 35.7 Å². The van der Waals surface area contributed by atoms with Crippen molar-refractivity contribution in [1.29, 1.82) is 0 Å². The Balaban J connectivity index is 1.51. The smallest absolute Gasteiger partial charge is 0.261 e. The standard InChI is InChI=1S/C21H15ClN2O3/c22-15-7-1-6-14(12-15)19(25)23-10-11-24-20(26)16-8-2-4-13-5-3-9-17(18(13)16)21(24)27/h1-9,12H,10-11H2,(H,23,25). The Bertz CT molecular complexity index is 1040. The van der Waals surface area contributed by atoms with Crippen LogP contribution in [0.25, 0.3) is 10.8 Å². The summed E-state index contributed by atoms with van der Waals surface area (Å²) in [5, 5.41) is 4.74. The second kappa shape index (κ2) is 6.85. The summed E-state index contributed by atoms with van der Waals surface area (Å²) in [5.41, 5.74) is 1.43. The molecule has 0 unspecified atom stereocenters. The first kappa shape index (κ1) is 17.2. The molecule has 4 rings (SSSR count). The quantitative estimate of drug-likeness (QED) is 0.706. The first-order valence-electron chi connectivity index (χ1n) is 8.48. The van der Waals surface area contributed by atoms with Gasteiger partial charge in [0.05, 0.1) is 0 Å². The molecule has 0 bridgehead atoms. The molecule has 1 aliphatic heterocycles.